The molecule has 0 bridgehead atoms. The van der Waals surface area contributed by atoms with Crippen LogP contribution in [0.4, 0.5) is 10.6 Å². The van der Waals surface area contributed by atoms with E-state index in [-0.39, 0.29) is 6.03 Å². The fourth-order valence-corrected chi connectivity index (χ4v) is 3.88. The predicted octanol–water partition coefficient (Wildman–Crippen LogP) is 2.67. The second-order valence-electron chi connectivity index (χ2n) is 6.40. The number of nitrogens with one attached hydrogen (secondary N) is 1. The number of anilines is 1. The summed E-state index contributed by atoms with van der Waals surface area (Å²) in [6.45, 7) is 3.52. The van der Waals surface area contributed by atoms with Gasteiger partial charge in [-0.25, -0.2) is 14.8 Å². The molecule has 2 heterocycles. The van der Waals surface area contributed by atoms with Gasteiger partial charge < -0.3 is 9.64 Å². The summed E-state index contributed by atoms with van der Waals surface area (Å²) >= 11 is 0. The number of methoxy groups -OCH3 is 1. The van der Waals surface area contributed by atoms with Crippen LogP contribution in [0.25, 0.3) is 0 Å². The number of likely N-dealkylation sites (tertiary alicyclic amines) is 1. The van der Waals surface area contributed by atoms with Crippen molar-refractivity contribution < 1.29 is 9.53 Å². The summed E-state index contributed by atoms with van der Waals surface area (Å²) in [6.07, 6.45) is 6.36. The van der Waals surface area contributed by atoms with Crippen LogP contribution < -0.4 is 5.32 Å². The fraction of sp³-hybridized carbons (Fsp3) is 0.688. The van der Waals surface area contributed by atoms with Gasteiger partial charge in [0.1, 0.15) is 12.1 Å². The van der Waals surface area contributed by atoms with E-state index in [1.54, 1.807) is 13.2 Å². The minimum atomic E-state index is -0.0386. The molecule has 0 unspecified atom stereocenters. The summed E-state index contributed by atoms with van der Waals surface area (Å²) in [7, 11) is 1.62. The van der Waals surface area contributed by atoms with Crippen molar-refractivity contribution in [2.75, 3.05) is 19.0 Å². The highest BCUT2D eigenvalue weighted by atomic mass is 16.5. The second-order valence-corrected chi connectivity index (χ2v) is 6.40. The maximum Gasteiger partial charge on any atom is 0.323 e. The van der Waals surface area contributed by atoms with Crippen molar-refractivity contribution in [3.8, 4) is 0 Å². The van der Waals surface area contributed by atoms with E-state index in [1.165, 1.54) is 25.6 Å². The van der Waals surface area contributed by atoms with Gasteiger partial charge in [-0.15, -0.1) is 0 Å². The molecule has 0 aromatic carbocycles. The monoisotopic (exact) mass is 304 g/mol. The van der Waals surface area contributed by atoms with Gasteiger partial charge >= 0.3 is 6.03 Å². The lowest BCUT2D eigenvalue weighted by molar-refractivity contribution is 0.179. The maximum atomic E-state index is 12.6. The Morgan fingerprint density at radius 3 is 3.05 bits per heavy atom. The highest BCUT2D eigenvalue weighted by Gasteiger charge is 2.42. The number of hydrogen-bond donors (Lipinski definition) is 1. The molecule has 2 fully saturated rings. The van der Waals surface area contributed by atoms with E-state index in [2.05, 4.69) is 22.2 Å². The summed E-state index contributed by atoms with van der Waals surface area (Å²) in [5.74, 6) is 1.79. The SMILES string of the molecule is COCc1cc(NC(=O)N2C[C@H](C)[C@@H]3CCCC[C@@H]32)ncn1. The number of nitrogens with zero attached hydrogens (tertiary/aromatic N) is 3. The van der Waals surface area contributed by atoms with Crippen LogP contribution in [0.1, 0.15) is 38.3 Å². The molecule has 2 amide bonds. The Hall–Kier alpha value is -1.69. The summed E-state index contributed by atoms with van der Waals surface area (Å²) in [4.78, 5) is 22.9. The van der Waals surface area contributed by atoms with Gasteiger partial charge in [0.2, 0.25) is 0 Å². The van der Waals surface area contributed by atoms with E-state index in [1.807, 2.05) is 4.90 Å². The van der Waals surface area contributed by atoms with Crippen LogP contribution in [0.15, 0.2) is 12.4 Å². The molecule has 22 heavy (non-hydrogen) atoms. The first-order valence-corrected chi connectivity index (χ1v) is 8.06. The molecular weight excluding hydrogens is 280 g/mol. The summed E-state index contributed by atoms with van der Waals surface area (Å²) < 4.78 is 5.06. The van der Waals surface area contributed by atoms with E-state index in [0.29, 0.717) is 30.3 Å². The molecule has 1 aliphatic heterocycles. The van der Waals surface area contributed by atoms with Gasteiger partial charge in [-0.1, -0.05) is 19.8 Å². The number of urea groups is 1. The first-order valence-electron chi connectivity index (χ1n) is 8.06. The van der Waals surface area contributed by atoms with Crippen LogP contribution in [-0.2, 0) is 11.3 Å². The third kappa shape index (κ3) is 3.06. The second kappa shape index (κ2) is 6.60. The van der Waals surface area contributed by atoms with Crippen molar-refractivity contribution in [1.82, 2.24) is 14.9 Å². The van der Waals surface area contributed by atoms with E-state index < -0.39 is 0 Å². The topological polar surface area (TPSA) is 67.3 Å². The molecule has 3 atom stereocenters. The van der Waals surface area contributed by atoms with Crippen LogP contribution in [0.2, 0.25) is 0 Å². The number of aromatic nitrogens is 2. The molecule has 0 radical (unpaired) electrons. The van der Waals surface area contributed by atoms with Crippen LogP contribution in [0.3, 0.4) is 0 Å². The Morgan fingerprint density at radius 1 is 1.41 bits per heavy atom. The molecule has 1 aliphatic carbocycles. The first kappa shape index (κ1) is 15.2. The first-order chi connectivity index (χ1) is 10.7. The number of fused-ring (bicyclic) bond motifs is 1. The average molecular weight is 304 g/mol. The third-order valence-corrected chi connectivity index (χ3v) is 4.91. The Balaban J connectivity index is 1.68. The van der Waals surface area contributed by atoms with E-state index in [0.717, 1.165) is 18.7 Å². The number of hydrogen-bond acceptors (Lipinski definition) is 4. The molecule has 1 saturated carbocycles. The van der Waals surface area contributed by atoms with Gasteiger partial charge in [-0.3, -0.25) is 5.32 Å². The normalized spacial score (nSPS) is 27.5. The zero-order chi connectivity index (χ0) is 15.5. The van der Waals surface area contributed by atoms with Gasteiger partial charge in [0.05, 0.1) is 12.3 Å². The van der Waals surface area contributed by atoms with Gasteiger partial charge in [-0.05, 0) is 24.7 Å². The van der Waals surface area contributed by atoms with E-state index in [4.69, 9.17) is 4.74 Å². The number of rotatable bonds is 3. The lowest BCUT2D eigenvalue weighted by atomic mass is 9.80. The molecule has 1 saturated heterocycles. The molecule has 3 rings (SSSR count). The van der Waals surface area contributed by atoms with Crippen molar-refractivity contribution in [1.29, 1.82) is 0 Å². The minimum absolute atomic E-state index is 0.0386. The quantitative estimate of drug-likeness (QED) is 0.932. The van der Waals surface area contributed by atoms with Crippen LogP contribution in [-0.4, -0.2) is 40.6 Å². The van der Waals surface area contributed by atoms with Crippen LogP contribution >= 0.6 is 0 Å². The zero-order valence-corrected chi connectivity index (χ0v) is 13.3. The van der Waals surface area contributed by atoms with Gasteiger partial charge in [-0.2, -0.15) is 0 Å². The summed E-state index contributed by atoms with van der Waals surface area (Å²) in [5.41, 5.74) is 0.762. The van der Waals surface area contributed by atoms with E-state index >= 15 is 0 Å². The molecule has 2 aliphatic rings. The number of carbonyl (C=O) groups excluding carboxylic acids is 1. The Morgan fingerprint density at radius 2 is 2.23 bits per heavy atom. The number of amides is 2. The molecule has 0 spiro atoms. The molecule has 1 aromatic heterocycles. The third-order valence-electron chi connectivity index (χ3n) is 4.91. The van der Waals surface area contributed by atoms with Crippen molar-refractivity contribution in [3.63, 3.8) is 0 Å². The zero-order valence-electron chi connectivity index (χ0n) is 13.3. The molecule has 120 valence electrons. The Kier molecular flexibility index (Phi) is 4.57. The molecular formula is C16H24N4O2. The van der Waals surface area contributed by atoms with Crippen LogP contribution in [0, 0.1) is 11.8 Å². The lowest BCUT2D eigenvalue weighted by Crippen LogP contribution is -2.41. The van der Waals surface area contributed by atoms with Gasteiger partial charge in [0.15, 0.2) is 0 Å². The molecule has 6 nitrogen and oxygen atoms in total. The fourth-order valence-electron chi connectivity index (χ4n) is 3.88. The highest BCUT2D eigenvalue weighted by molar-refractivity contribution is 5.88. The van der Waals surface area contributed by atoms with Crippen molar-refractivity contribution >= 4 is 11.8 Å². The van der Waals surface area contributed by atoms with Gasteiger partial charge in [0.25, 0.3) is 0 Å². The Bertz CT molecular complexity index is 537. The maximum absolute atomic E-state index is 12.6. The summed E-state index contributed by atoms with van der Waals surface area (Å²) in [5, 5.41) is 2.92. The van der Waals surface area contributed by atoms with Crippen molar-refractivity contribution in [2.24, 2.45) is 11.8 Å². The number of ether oxygens (including phenoxy) is 1. The van der Waals surface area contributed by atoms with Crippen molar-refractivity contribution in [2.45, 2.75) is 45.3 Å². The average Bonchev–Trinajstić information content (AvgIpc) is 2.86. The van der Waals surface area contributed by atoms with Crippen molar-refractivity contribution in [3.05, 3.63) is 18.1 Å². The number of carbonyl (C=O) groups is 1. The summed E-state index contributed by atoms with van der Waals surface area (Å²) in [6, 6.07) is 2.12. The standard InChI is InChI=1S/C16H24N4O2/c1-11-8-20(14-6-4-3-5-13(11)14)16(21)19-15-7-12(9-22-2)17-10-18-15/h7,10-11,13-14H,3-6,8-9H2,1-2H3,(H,17,18,19,21)/t11-,13-,14-/m0/s1. The van der Waals surface area contributed by atoms with E-state index in [9.17, 15) is 4.79 Å². The molecule has 1 aromatic rings. The largest absolute Gasteiger partial charge is 0.378 e. The molecule has 1 N–H and O–H groups in total. The van der Waals surface area contributed by atoms with Gasteiger partial charge in [0, 0.05) is 25.8 Å². The predicted molar refractivity (Wildman–Crippen MR) is 83.4 cm³/mol. The Labute approximate surface area is 131 Å². The molecule has 6 heteroatoms. The minimum Gasteiger partial charge on any atom is -0.378 e. The highest BCUT2D eigenvalue weighted by Crippen LogP contribution is 2.39. The van der Waals surface area contributed by atoms with Crippen LogP contribution in [0.5, 0.6) is 0 Å². The lowest BCUT2D eigenvalue weighted by Gasteiger charge is -2.32. The smallest absolute Gasteiger partial charge is 0.323 e.